The van der Waals surface area contributed by atoms with Crippen LogP contribution in [0.3, 0.4) is 0 Å². The number of hydrogen-bond donors (Lipinski definition) is 2. The molecule has 3 aromatic carbocycles. The van der Waals surface area contributed by atoms with Gasteiger partial charge in [0.1, 0.15) is 0 Å². The summed E-state index contributed by atoms with van der Waals surface area (Å²) in [6.07, 6.45) is 1.10. The van der Waals surface area contributed by atoms with Crippen molar-refractivity contribution >= 4 is 42.8 Å². The molecule has 0 saturated heterocycles. The van der Waals surface area contributed by atoms with E-state index in [-0.39, 0.29) is 22.2 Å². The zero-order valence-electron chi connectivity index (χ0n) is 20.3. The summed E-state index contributed by atoms with van der Waals surface area (Å²) in [5.41, 5.74) is 3.49. The van der Waals surface area contributed by atoms with Crippen LogP contribution in [-0.2, 0) is 24.7 Å². The SMILES string of the molecule is Cc1ccc(S(=O)(=O)c2c(C)ccc(NCC(=O)Nc3cccc(N(C)S(C)(=O)=O)c3)c2C)cc1. The highest BCUT2D eigenvalue weighted by Crippen LogP contribution is 2.31. The van der Waals surface area contributed by atoms with Crippen LogP contribution in [0.5, 0.6) is 0 Å². The minimum Gasteiger partial charge on any atom is -0.376 e. The second-order valence-electron chi connectivity index (χ2n) is 8.38. The average molecular weight is 516 g/mol. The Morgan fingerprint density at radius 3 is 2.20 bits per heavy atom. The van der Waals surface area contributed by atoms with Crippen LogP contribution in [0.25, 0.3) is 0 Å². The normalized spacial score (nSPS) is 11.7. The van der Waals surface area contributed by atoms with Gasteiger partial charge in [0.25, 0.3) is 0 Å². The Kier molecular flexibility index (Phi) is 7.56. The number of rotatable bonds is 8. The Labute approximate surface area is 207 Å². The molecule has 2 N–H and O–H groups in total. The molecule has 8 nitrogen and oxygen atoms in total. The predicted molar refractivity (Wildman–Crippen MR) is 139 cm³/mol. The number of sulfonamides is 1. The van der Waals surface area contributed by atoms with Crippen LogP contribution in [-0.4, -0.2) is 42.6 Å². The summed E-state index contributed by atoms with van der Waals surface area (Å²) < 4.78 is 51.3. The molecule has 0 aromatic heterocycles. The van der Waals surface area contributed by atoms with E-state index in [9.17, 15) is 21.6 Å². The van der Waals surface area contributed by atoms with Crippen molar-refractivity contribution in [1.29, 1.82) is 0 Å². The van der Waals surface area contributed by atoms with Crippen LogP contribution >= 0.6 is 0 Å². The molecule has 0 aliphatic carbocycles. The predicted octanol–water partition coefficient (Wildman–Crippen LogP) is 3.89. The monoisotopic (exact) mass is 515 g/mol. The van der Waals surface area contributed by atoms with Crippen molar-refractivity contribution in [3.63, 3.8) is 0 Å². The first-order valence-electron chi connectivity index (χ1n) is 10.8. The van der Waals surface area contributed by atoms with E-state index < -0.39 is 19.9 Å². The molecule has 0 aliphatic rings. The third-order valence-corrected chi connectivity index (χ3v) is 8.90. The Morgan fingerprint density at radius 2 is 1.57 bits per heavy atom. The van der Waals surface area contributed by atoms with Crippen molar-refractivity contribution in [1.82, 2.24) is 0 Å². The van der Waals surface area contributed by atoms with Crippen LogP contribution in [0.1, 0.15) is 16.7 Å². The maximum atomic E-state index is 13.3. The number of amides is 1. The highest BCUT2D eigenvalue weighted by molar-refractivity contribution is 7.92. The molecule has 186 valence electrons. The maximum Gasteiger partial charge on any atom is 0.243 e. The topological polar surface area (TPSA) is 113 Å². The molecule has 0 atom stereocenters. The molecular weight excluding hydrogens is 486 g/mol. The first-order chi connectivity index (χ1) is 16.3. The first-order valence-corrected chi connectivity index (χ1v) is 14.1. The molecule has 0 radical (unpaired) electrons. The lowest BCUT2D eigenvalue weighted by atomic mass is 10.1. The van der Waals surface area contributed by atoms with Gasteiger partial charge in [0, 0.05) is 18.4 Å². The molecule has 0 saturated carbocycles. The van der Waals surface area contributed by atoms with E-state index in [1.54, 1.807) is 74.5 Å². The largest absolute Gasteiger partial charge is 0.376 e. The smallest absolute Gasteiger partial charge is 0.243 e. The minimum absolute atomic E-state index is 0.111. The zero-order chi connectivity index (χ0) is 26.0. The Morgan fingerprint density at radius 1 is 0.914 bits per heavy atom. The van der Waals surface area contributed by atoms with Crippen molar-refractivity contribution in [2.45, 2.75) is 30.6 Å². The fourth-order valence-corrected chi connectivity index (χ4v) is 5.85. The number of aryl methyl sites for hydroxylation is 2. The van der Waals surface area contributed by atoms with E-state index in [2.05, 4.69) is 10.6 Å². The number of anilines is 3. The molecule has 0 unspecified atom stereocenters. The third-order valence-electron chi connectivity index (χ3n) is 5.63. The summed E-state index contributed by atoms with van der Waals surface area (Å²) >= 11 is 0. The summed E-state index contributed by atoms with van der Waals surface area (Å²) in [6, 6.07) is 16.6. The highest BCUT2D eigenvalue weighted by atomic mass is 32.2. The second kappa shape index (κ2) is 10.1. The number of hydrogen-bond acceptors (Lipinski definition) is 6. The summed E-state index contributed by atoms with van der Waals surface area (Å²) in [5, 5.41) is 5.74. The molecule has 0 bridgehead atoms. The summed E-state index contributed by atoms with van der Waals surface area (Å²) in [5.74, 6) is -0.368. The van der Waals surface area contributed by atoms with Gasteiger partial charge in [-0.25, -0.2) is 16.8 Å². The fourth-order valence-electron chi connectivity index (χ4n) is 3.62. The fraction of sp³-hybridized carbons (Fsp3) is 0.240. The van der Waals surface area contributed by atoms with Gasteiger partial charge in [-0.1, -0.05) is 29.8 Å². The van der Waals surface area contributed by atoms with E-state index in [1.807, 2.05) is 6.92 Å². The summed E-state index contributed by atoms with van der Waals surface area (Å²) in [6.45, 7) is 5.23. The standard InChI is InChI=1S/C25H29N3O5S2/c1-17-9-12-22(13-10-17)35(32,33)25-18(2)11-14-23(19(25)3)26-16-24(29)27-20-7-6-8-21(15-20)28(4)34(5,30)31/h6-15,26H,16H2,1-5H3,(H,27,29). The molecule has 0 spiro atoms. The van der Waals surface area contributed by atoms with Gasteiger partial charge in [0.05, 0.1) is 28.3 Å². The molecule has 1 amide bonds. The molecule has 0 aliphatic heterocycles. The maximum absolute atomic E-state index is 13.3. The van der Waals surface area contributed by atoms with Crippen molar-refractivity contribution in [3.8, 4) is 0 Å². The van der Waals surface area contributed by atoms with Gasteiger partial charge >= 0.3 is 0 Å². The molecule has 35 heavy (non-hydrogen) atoms. The van der Waals surface area contributed by atoms with Crippen LogP contribution in [0.2, 0.25) is 0 Å². The van der Waals surface area contributed by atoms with Crippen molar-refractivity contribution in [3.05, 3.63) is 77.4 Å². The second-order valence-corrected chi connectivity index (χ2v) is 12.3. The van der Waals surface area contributed by atoms with Gasteiger partial charge in [0.15, 0.2) is 0 Å². The van der Waals surface area contributed by atoms with Crippen molar-refractivity contribution < 1.29 is 21.6 Å². The van der Waals surface area contributed by atoms with E-state index in [0.717, 1.165) is 16.1 Å². The van der Waals surface area contributed by atoms with Gasteiger partial charge in [-0.2, -0.15) is 0 Å². The van der Waals surface area contributed by atoms with Crippen LogP contribution < -0.4 is 14.9 Å². The Hall–Kier alpha value is -3.37. The van der Waals surface area contributed by atoms with Gasteiger partial charge in [-0.3, -0.25) is 9.10 Å². The third kappa shape index (κ3) is 6.01. The van der Waals surface area contributed by atoms with Crippen LogP contribution in [0.15, 0.2) is 70.5 Å². The number of carbonyl (C=O) groups is 1. The molecule has 3 rings (SSSR count). The van der Waals surface area contributed by atoms with Crippen LogP contribution in [0, 0.1) is 20.8 Å². The van der Waals surface area contributed by atoms with E-state index in [4.69, 9.17) is 0 Å². The van der Waals surface area contributed by atoms with E-state index in [1.165, 1.54) is 7.05 Å². The lowest BCUT2D eigenvalue weighted by Crippen LogP contribution is -2.25. The molecule has 0 heterocycles. The molecule has 3 aromatic rings. The number of benzene rings is 3. The number of sulfone groups is 1. The van der Waals surface area contributed by atoms with Gasteiger partial charge < -0.3 is 10.6 Å². The van der Waals surface area contributed by atoms with E-state index in [0.29, 0.717) is 28.2 Å². The quantitative estimate of drug-likeness (QED) is 0.471. The van der Waals surface area contributed by atoms with Gasteiger partial charge in [0.2, 0.25) is 25.8 Å². The van der Waals surface area contributed by atoms with E-state index >= 15 is 0 Å². The average Bonchev–Trinajstić information content (AvgIpc) is 2.78. The number of carbonyl (C=O) groups excluding carboxylic acids is 1. The number of nitrogens with one attached hydrogen (secondary N) is 2. The lowest BCUT2D eigenvalue weighted by molar-refractivity contribution is -0.114. The first kappa shape index (κ1) is 26.2. The Bertz CT molecular complexity index is 1470. The zero-order valence-corrected chi connectivity index (χ0v) is 21.9. The van der Waals surface area contributed by atoms with Crippen LogP contribution in [0.4, 0.5) is 17.1 Å². The van der Waals surface area contributed by atoms with Gasteiger partial charge in [-0.05, 0) is 68.3 Å². The lowest BCUT2D eigenvalue weighted by Gasteiger charge is -2.18. The number of nitrogens with zero attached hydrogens (tertiary/aromatic N) is 1. The van der Waals surface area contributed by atoms with Crippen molar-refractivity contribution in [2.75, 3.05) is 34.8 Å². The summed E-state index contributed by atoms with van der Waals surface area (Å²) in [7, 11) is -5.75. The summed E-state index contributed by atoms with van der Waals surface area (Å²) in [4.78, 5) is 13.0. The van der Waals surface area contributed by atoms with Crippen molar-refractivity contribution in [2.24, 2.45) is 0 Å². The molecular formula is C25H29N3O5S2. The molecule has 10 heteroatoms. The molecule has 0 fully saturated rings. The van der Waals surface area contributed by atoms with Gasteiger partial charge in [-0.15, -0.1) is 0 Å². The highest BCUT2D eigenvalue weighted by Gasteiger charge is 2.24. The minimum atomic E-state index is -3.75. The Balaban J connectivity index is 1.78.